The number of carbonyl (C=O) groups excluding carboxylic acids is 2. The van der Waals surface area contributed by atoms with Crippen LogP contribution in [0, 0.1) is 12.8 Å². The molecule has 0 spiro atoms. The summed E-state index contributed by atoms with van der Waals surface area (Å²) >= 11 is 0. The zero-order valence-electron chi connectivity index (χ0n) is 17.5. The minimum Gasteiger partial charge on any atom is -0.494 e. The summed E-state index contributed by atoms with van der Waals surface area (Å²) in [5.74, 6) is 1.12. The molecular formula is C23H30N2O4. The molecule has 2 N–H and O–H groups in total. The smallest absolute Gasteiger partial charge is 0.279 e. The number of rotatable bonds is 9. The second-order valence-corrected chi connectivity index (χ2v) is 7.28. The van der Waals surface area contributed by atoms with E-state index in [9.17, 15) is 9.59 Å². The van der Waals surface area contributed by atoms with Gasteiger partial charge in [-0.25, -0.2) is 0 Å². The van der Waals surface area contributed by atoms with Crippen molar-refractivity contribution < 1.29 is 19.1 Å². The summed E-state index contributed by atoms with van der Waals surface area (Å²) in [6.07, 6.45) is 0.740. The van der Waals surface area contributed by atoms with Crippen molar-refractivity contribution in [2.45, 2.75) is 46.6 Å². The fourth-order valence-electron chi connectivity index (χ4n) is 2.55. The van der Waals surface area contributed by atoms with Gasteiger partial charge in [0.25, 0.3) is 11.8 Å². The first kappa shape index (κ1) is 22.3. The molecule has 1 atom stereocenters. The monoisotopic (exact) mass is 398 g/mol. The van der Waals surface area contributed by atoms with Crippen LogP contribution in [0.4, 0.5) is 0 Å². The molecule has 0 saturated carbocycles. The van der Waals surface area contributed by atoms with E-state index < -0.39 is 17.9 Å². The van der Waals surface area contributed by atoms with E-state index in [1.165, 1.54) is 0 Å². The van der Waals surface area contributed by atoms with Crippen molar-refractivity contribution in [3.63, 3.8) is 0 Å². The van der Waals surface area contributed by atoms with Gasteiger partial charge in [0.05, 0.1) is 6.61 Å². The SMILES string of the molecule is CCC(Oc1ccccc1C)C(=O)NNC(=O)c1ccc(OCCC(C)C)cc1. The van der Waals surface area contributed by atoms with Gasteiger partial charge in [-0.15, -0.1) is 0 Å². The molecule has 0 radical (unpaired) electrons. The Morgan fingerprint density at radius 3 is 2.31 bits per heavy atom. The molecule has 1 unspecified atom stereocenters. The van der Waals surface area contributed by atoms with E-state index in [1.54, 1.807) is 24.3 Å². The lowest BCUT2D eigenvalue weighted by molar-refractivity contribution is -0.128. The van der Waals surface area contributed by atoms with Crippen molar-refractivity contribution in [3.05, 3.63) is 59.7 Å². The molecule has 2 aromatic carbocycles. The highest BCUT2D eigenvalue weighted by molar-refractivity contribution is 5.95. The topological polar surface area (TPSA) is 76.7 Å². The van der Waals surface area contributed by atoms with Gasteiger partial charge in [0.1, 0.15) is 11.5 Å². The molecule has 156 valence electrons. The van der Waals surface area contributed by atoms with Gasteiger partial charge < -0.3 is 9.47 Å². The Kier molecular flexibility index (Phi) is 8.52. The Balaban J connectivity index is 1.85. The Hall–Kier alpha value is -3.02. The third-order valence-electron chi connectivity index (χ3n) is 4.41. The Bertz CT molecular complexity index is 803. The second kappa shape index (κ2) is 11.1. The summed E-state index contributed by atoms with van der Waals surface area (Å²) in [6, 6.07) is 14.3. The highest BCUT2D eigenvalue weighted by atomic mass is 16.5. The maximum Gasteiger partial charge on any atom is 0.279 e. The first-order valence-corrected chi connectivity index (χ1v) is 9.96. The Labute approximate surface area is 172 Å². The van der Waals surface area contributed by atoms with E-state index >= 15 is 0 Å². The molecule has 6 heteroatoms. The van der Waals surface area contributed by atoms with Gasteiger partial charge >= 0.3 is 0 Å². The van der Waals surface area contributed by atoms with E-state index in [2.05, 4.69) is 24.7 Å². The number of benzene rings is 2. The Morgan fingerprint density at radius 2 is 1.69 bits per heavy atom. The van der Waals surface area contributed by atoms with Crippen LogP contribution >= 0.6 is 0 Å². The molecular weight excluding hydrogens is 368 g/mol. The molecule has 2 aromatic rings. The normalized spacial score (nSPS) is 11.6. The lowest BCUT2D eigenvalue weighted by Crippen LogP contribution is -2.48. The van der Waals surface area contributed by atoms with E-state index in [1.807, 2.05) is 38.1 Å². The average molecular weight is 399 g/mol. The average Bonchev–Trinajstić information content (AvgIpc) is 2.71. The van der Waals surface area contributed by atoms with Gasteiger partial charge in [0.15, 0.2) is 6.10 Å². The molecule has 2 amide bonds. The molecule has 6 nitrogen and oxygen atoms in total. The maximum absolute atomic E-state index is 12.4. The van der Waals surface area contributed by atoms with Crippen LogP contribution in [-0.2, 0) is 4.79 Å². The maximum atomic E-state index is 12.4. The van der Waals surface area contributed by atoms with E-state index in [0.717, 1.165) is 12.0 Å². The number of hydrazine groups is 1. The van der Waals surface area contributed by atoms with Gasteiger partial charge in [-0.3, -0.25) is 20.4 Å². The fraction of sp³-hybridized carbons (Fsp3) is 0.391. The fourth-order valence-corrected chi connectivity index (χ4v) is 2.55. The molecule has 0 aliphatic carbocycles. The van der Waals surface area contributed by atoms with Crippen LogP contribution in [-0.4, -0.2) is 24.5 Å². The first-order valence-electron chi connectivity index (χ1n) is 9.96. The zero-order valence-corrected chi connectivity index (χ0v) is 17.5. The van der Waals surface area contributed by atoms with Gasteiger partial charge in [0.2, 0.25) is 0 Å². The molecule has 0 bridgehead atoms. The summed E-state index contributed by atoms with van der Waals surface area (Å²) < 4.78 is 11.4. The van der Waals surface area contributed by atoms with E-state index in [4.69, 9.17) is 9.47 Å². The standard InChI is InChI=1S/C23H30N2O4/c1-5-20(29-21-9-7-6-8-17(21)4)23(27)25-24-22(26)18-10-12-19(13-11-18)28-15-14-16(2)3/h6-13,16,20H,5,14-15H2,1-4H3,(H,24,26)(H,25,27). The third-order valence-corrected chi connectivity index (χ3v) is 4.41. The summed E-state index contributed by atoms with van der Waals surface area (Å²) in [5, 5.41) is 0. The highest BCUT2D eigenvalue weighted by Crippen LogP contribution is 2.19. The molecule has 0 saturated heterocycles. The van der Waals surface area contributed by atoms with Crippen LogP contribution in [0.25, 0.3) is 0 Å². The number of aryl methyl sites for hydroxylation is 1. The van der Waals surface area contributed by atoms with Crippen molar-refractivity contribution in [2.24, 2.45) is 5.92 Å². The number of carbonyl (C=O) groups is 2. The number of ether oxygens (including phenoxy) is 2. The summed E-state index contributed by atoms with van der Waals surface area (Å²) in [4.78, 5) is 24.7. The highest BCUT2D eigenvalue weighted by Gasteiger charge is 2.20. The molecule has 0 aliphatic heterocycles. The summed E-state index contributed by atoms with van der Waals surface area (Å²) in [7, 11) is 0. The van der Waals surface area contributed by atoms with Crippen LogP contribution < -0.4 is 20.3 Å². The first-order chi connectivity index (χ1) is 13.9. The van der Waals surface area contributed by atoms with Crippen molar-refractivity contribution in [3.8, 4) is 11.5 Å². The van der Waals surface area contributed by atoms with Gasteiger partial charge in [-0.05, 0) is 61.6 Å². The molecule has 2 rings (SSSR count). The largest absolute Gasteiger partial charge is 0.494 e. The van der Waals surface area contributed by atoms with E-state index in [-0.39, 0.29) is 0 Å². The minimum absolute atomic E-state index is 0.405. The zero-order chi connectivity index (χ0) is 21.2. The predicted molar refractivity (Wildman–Crippen MR) is 113 cm³/mol. The molecule has 29 heavy (non-hydrogen) atoms. The summed E-state index contributed by atoms with van der Waals surface area (Å²) in [6.45, 7) is 8.68. The van der Waals surface area contributed by atoms with Crippen molar-refractivity contribution in [1.29, 1.82) is 0 Å². The lowest BCUT2D eigenvalue weighted by Gasteiger charge is -2.18. The minimum atomic E-state index is -0.701. The molecule has 0 aliphatic rings. The van der Waals surface area contributed by atoms with Crippen LogP contribution in [0.2, 0.25) is 0 Å². The number of hydrogen-bond acceptors (Lipinski definition) is 4. The number of amides is 2. The Morgan fingerprint density at radius 1 is 1.00 bits per heavy atom. The second-order valence-electron chi connectivity index (χ2n) is 7.28. The quantitative estimate of drug-likeness (QED) is 0.625. The molecule has 0 aromatic heterocycles. The van der Waals surface area contributed by atoms with Gasteiger partial charge in [-0.1, -0.05) is 39.0 Å². The van der Waals surface area contributed by atoms with Crippen molar-refractivity contribution >= 4 is 11.8 Å². The predicted octanol–water partition coefficient (Wildman–Crippen LogP) is 4.04. The third kappa shape index (κ3) is 7.14. The molecule has 0 heterocycles. The van der Waals surface area contributed by atoms with Gasteiger partial charge in [0, 0.05) is 5.56 Å². The summed E-state index contributed by atoms with van der Waals surface area (Å²) in [5.41, 5.74) is 6.24. The number of hydrogen-bond donors (Lipinski definition) is 2. The lowest BCUT2D eigenvalue weighted by atomic mass is 10.1. The number of nitrogens with one attached hydrogen (secondary N) is 2. The number of para-hydroxylation sites is 1. The van der Waals surface area contributed by atoms with Crippen LogP contribution in [0.1, 0.15) is 49.5 Å². The van der Waals surface area contributed by atoms with Crippen molar-refractivity contribution in [1.82, 2.24) is 10.9 Å². The van der Waals surface area contributed by atoms with Crippen LogP contribution in [0.15, 0.2) is 48.5 Å². The van der Waals surface area contributed by atoms with Crippen LogP contribution in [0.5, 0.6) is 11.5 Å². The van der Waals surface area contributed by atoms with Gasteiger partial charge in [-0.2, -0.15) is 0 Å². The van der Waals surface area contributed by atoms with E-state index in [0.29, 0.717) is 36.0 Å². The van der Waals surface area contributed by atoms with Crippen LogP contribution in [0.3, 0.4) is 0 Å². The molecule has 0 fully saturated rings. The van der Waals surface area contributed by atoms with Crippen molar-refractivity contribution in [2.75, 3.05) is 6.61 Å².